The molecule has 2 rings (SSSR count). The number of benzene rings is 2. The van der Waals surface area contributed by atoms with Crippen molar-refractivity contribution in [1.29, 1.82) is 0 Å². The minimum atomic E-state index is -0.276. The number of rotatable bonds is 8. The molecule has 0 radical (unpaired) electrons. The number of anilines is 1. The lowest BCUT2D eigenvalue weighted by Gasteiger charge is -2.20. The molecule has 0 fully saturated rings. The summed E-state index contributed by atoms with van der Waals surface area (Å²) >= 11 is 1.49. The van der Waals surface area contributed by atoms with Crippen molar-refractivity contribution in [2.45, 2.75) is 25.2 Å². The molecule has 0 saturated heterocycles. The molecule has 1 N–H and O–H groups in total. The molecule has 0 bridgehead atoms. The second-order valence-corrected chi connectivity index (χ2v) is 6.79. The molecule has 26 heavy (non-hydrogen) atoms. The Morgan fingerprint density at radius 2 is 1.69 bits per heavy atom. The molecule has 2 aromatic rings. The maximum Gasteiger partial charge on any atom is 0.255 e. The van der Waals surface area contributed by atoms with Gasteiger partial charge in [0.25, 0.3) is 5.91 Å². The number of nitrogens with one attached hydrogen (secondary N) is 1. The fourth-order valence-electron chi connectivity index (χ4n) is 2.46. The molecular weight excluding hydrogens is 351 g/mol. The molecule has 4 nitrogen and oxygen atoms in total. The minimum Gasteiger partial charge on any atom is -0.339 e. The van der Waals surface area contributed by atoms with E-state index in [0.29, 0.717) is 36.5 Å². The van der Waals surface area contributed by atoms with E-state index in [9.17, 15) is 14.0 Å². The van der Waals surface area contributed by atoms with E-state index in [1.807, 2.05) is 13.8 Å². The highest BCUT2D eigenvalue weighted by Gasteiger charge is 2.17. The standard InChI is InChI=1S/C20H23FN2O2S/c1-3-23(4-2)20(25)17-7-5-6-8-18(17)22-19(24)13-14-26-16-11-9-15(21)10-12-16/h5-12H,3-4,13-14H2,1-2H3,(H,22,24). The normalized spacial score (nSPS) is 10.4. The zero-order chi connectivity index (χ0) is 18.9. The van der Waals surface area contributed by atoms with Crippen LogP contribution in [0.4, 0.5) is 10.1 Å². The lowest BCUT2D eigenvalue weighted by molar-refractivity contribution is -0.115. The number of para-hydroxylation sites is 1. The summed E-state index contributed by atoms with van der Waals surface area (Å²) < 4.78 is 12.9. The number of nitrogens with zero attached hydrogens (tertiary/aromatic N) is 1. The number of carbonyl (C=O) groups is 2. The van der Waals surface area contributed by atoms with Crippen molar-refractivity contribution in [3.8, 4) is 0 Å². The van der Waals surface area contributed by atoms with E-state index in [2.05, 4.69) is 5.32 Å². The molecule has 0 aliphatic heterocycles. The fraction of sp³-hybridized carbons (Fsp3) is 0.300. The van der Waals surface area contributed by atoms with Gasteiger partial charge in [-0.25, -0.2) is 4.39 Å². The second-order valence-electron chi connectivity index (χ2n) is 5.62. The number of carbonyl (C=O) groups excluding carboxylic acids is 2. The lowest BCUT2D eigenvalue weighted by Crippen LogP contribution is -2.31. The van der Waals surface area contributed by atoms with E-state index in [1.54, 1.807) is 41.3 Å². The Kier molecular flexibility index (Phi) is 7.66. The first kappa shape index (κ1) is 20.0. The van der Waals surface area contributed by atoms with E-state index in [-0.39, 0.29) is 17.6 Å². The zero-order valence-corrected chi connectivity index (χ0v) is 15.8. The van der Waals surface area contributed by atoms with Crippen LogP contribution in [0, 0.1) is 5.82 Å². The molecule has 0 spiro atoms. The lowest BCUT2D eigenvalue weighted by atomic mass is 10.1. The average Bonchev–Trinajstić information content (AvgIpc) is 2.64. The van der Waals surface area contributed by atoms with Crippen molar-refractivity contribution in [2.24, 2.45) is 0 Å². The largest absolute Gasteiger partial charge is 0.339 e. The summed E-state index contributed by atoms with van der Waals surface area (Å²) in [5.74, 6) is 0.0523. The maximum atomic E-state index is 12.9. The zero-order valence-electron chi connectivity index (χ0n) is 15.0. The SMILES string of the molecule is CCN(CC)C(=O)c1ccccc1NC(=O)CCSc1ccc(F)cc1. The summed E-state index contributed by atoms with van der Waals surface area (Å²) in [5.41, 5.74) is 1.02. The van der Waals surface area contributed by atoms with Crippen molar-refractivity contribution in [1.82, 2.24) is 4.90 Å². The van der Waals surface area contributed by atoms with Gasteiger partial charge in [0.05, 0.1) is 11.3 Å². The molecule has 0 aliphatic carbocycles. The van der Waals surface area contributed by atoms with Gasteiger partial charge >= 0.3 is 0 Å². The van der Waals surface area contributed by atoms with Crippen LogP contribution in [-0.2, 0) is 4.79 Å². The third-order valence-electron chi connectivity index (χ3n) is 3.89. The van der Waals surface area contributed by atoms with Crippen molar-refractivity contribution in [3.05, 3.63) is 59.9 Å². The first-order chi connectivity index (χ1) is 12.5. The molecule has 138 valence electrons. The molecule has 0 saturated carbocycles. The Morgan fingerprint density at radius 3 is 2.35 bits per heavy atom. The summed E-state index contributed by atoms with van der Waals surface area (Å²) in [6.45, 7) is 5.09. The van der Waals surface area contributed by atoms with Crippen LogP contribution in [0.15, 0.2) is 53.4 Å². The average molecular weight is 374 g/mol. The van der Waals surface area contributed by atoms with Crippen molar-refractivity contribution >= 4 is 29.3 Å². The molecule has 0 aliphatic rings. The highest BCUT2D eigenvalue weighted by molar-refractivity contribution is 7.99. The van der Waals surface area contributed by atoms with Crippen LogP contribution in [0.3, 0.4) is 0 Å². The fourth-order valence-corrected chi connectivity index (χ4v) is 3.32. The van der Waals surface area contributed by atoms with Crippen molar-refractivity contribution in [3.63, 3.8) is 0 Å². The van der Waals surface area contributed by atoms with E-state index >= 15 is 0 Å². The van der Waals surface area contributed by atoms with Gasteiger partial charge in [-0.05, 0) is 50.2 Å². The number of thioether (sulfide) groups is 1. The van der Waals surface area contributed by atoms with Gasteiger partial charge in [-0.15, -0.1) is 11.8 Å². The predicted molar refractivity (Wildman–Crippen MR) is 104 cm³/mol. The summed E-state index contributed by atoms with van der Waals surface area (Å²) in [7, 11) is 0. The predicted octanol–water partition coefficient (Wildman–Crippen LogP) is 4.43. The van der Waals surface area contributed by atoms with E-state index in [0.717, 1.165) is 4.90 Å². The molecule has 6 heteroatoms. The Hall–Kier alpha value is -2.34. The van der Waals surface area contributed by atoms with Crippen LogP contribution in [0.5, 0.6) is 0 Å². The third kappa shape index (κ3) is 5.59. The van der Waals surface area contributed by atoms with Gasteiger partial charge in [-0.2, -0.15) is 0 Å². The van der Waals surface area contributed by atoms with Gasteiger partial charge in [0, 0.05) is 30.2 Å². The summed E-state index contributed by atoms with van der Waals surface area (Å²) in [6, 6.07) is 13.2. The Bertz CT molecular complexity index is 746. The van der Waals surface area contributed by atoms with Gasteiger partial charge in [-0.1, -0.05) is 12.1 Å². The monoisotopic (exact) mass is 374 g/mol. The Balaban J connectivity index is 1.94. The quantitative estimate of drug-likeness (QED) is 0.696. The molecule has 2 aromatic carbocycles. The van der Waals surface area contributed by atoms with Crippen LogP contribution < -0.4 is 5.32 Å². The van der Waals surface area contributed by atoms with Crippen molar-refractivity contribution in [2.75, 3.05) is 24.2 Å². The summed E-state index contributed by atoms with van der Waals surface area (Å²) in [6.07, 6.45) is 0.301. The highest BCUT2D eigenvalue weighted by Crippen LogP contribution is 2.21. The molecule has 0 atom stereocenters. The first-order valence-electron chi connectivity index (χ1n) is 8.61. The van der Waals surface area contributed by atoms with Gasteiger partial charge in [-0.3, -0.25) is 9.59 Å². The number of halogens is 1. The van der Waals surface area contributed by atoms with E-state index < -0.39 is 0 Å². The first-order valence-corrected chi connectivity index (χ1v) is 9.60. The summed E-state index contributed by atoms with van der Waals surface area (Å²) in [5, 5.41) is 2.83. The molecule has 2 amide bonds. The second kappa shape index (κ2) is 9.97. The highest BCUT2D eigenvalue weighted by atomic mass is 32.2. The number of hydrogen-bond acceptors (Lipinski definition) is 3. The van der Waals surface area contributed by atoms with Gasteiger partial charge in [0.2, 0.25) is 5.91 Å². The molecular formula is C20H23FN2O2S. The van der Waals surface area contributed by atoms with Crippen molar-refractivity contribution < 1.29 is 14.0 Å². The van der Waals surface area contributed by atoms with Crippen LogP contribution >= 0.6 is 11.8 Å². The summed E-state index contributed by atoms with van der Waals surface area (Å²) in [4.78, 5) is 27.4. The van der Waals surface area contributed by atoms with Crippen LogP contribution in [0.2, 0.25) is 0 Å². The Morgan fingerprint density at radius 1 is 1.04 bits per heavy atom. The molecule has 0 aromatic heterocycles. The van der Waals surface area contributed by atoms with E-state index in [4.69, 9.17) is 0 Å². The van der Waals surface area contributed by atoms with Crippen LogP contribution in [-0.4, -0.2) is 35.6 Å². The van der Waals surface area contributed by atoms with E-state index in [1.165, 1.54) is 23.9 Å². The van der Waals surface area contributed by atoms with Gasteiger partial charge in [0.15, 0.2) is 0 Å². The minimum absolute atomic E-state index is 0.0911. The Labute approximate surface area is 157 Å². The van der Waals surface area contributed by atoms with Gasteiger partial charge < -0.3 is 10.2 Å². The van der Waals surface area contributed by atoms with Crippen LogP contribution in [0.25, 0.3) is 0 Å². The molecule has 0 unspecified atom stereocenters. The van der Waals surface area contributed by atoms with Gasteiger partial charge in [0.1, 0.15) is 5.82 Å². The number of amides is 2. The third-order valence-corrected chi connectivity index (χ3v) is 4.91. The maximum absolute atomic E-state index is 12.9. The smallest absolute Gasteiger partial charge is 0.255 e. The number of hydrogen-bond donors (Lipinski definition) is 1. The van der Waals surface area contributed by atoms with Crippen LogP contribution in [0.1, 0.15) is 30.6 Å². The topological polar surface area (TPSA) is 49.4 Å². The molecule has 0 heterocycles.